The monoisotopic (exact) mass is 1280 g/mol. The minimum Gasteiger partial charge on any atom is -0.334 e. The van der Waals surface area contributed by atoms with Gasteiger partial charge in [0.25, 0.3) is 23.6 Å². The molecule has 498 valence electrons. The number of nitrogens with one attached hydrogen (secondary N) is 4. The standard InChI is InChI=1S/3C20H25N3O.C19H23N3O/c2*1-13-2-4-17(5-3-13)19-22-18(23-24-19)12-21-20-9-14-6-15(10-20)8-16(7-14)11-20;1-13-3-2-4-17(5-13)19-22-18(23-24-19)12-21-20-9-14-6-15(10-20)8-16(7-14)11-20;1-2-4-16(5-3-1)18-21-17(22-23-18)12-20-19-9-13-6-14(10-19)8-15(7-13)11-19/h3*2-5,14-16,21H,6-12H2,1H3;1-5,13-15,20H,6-12H2. The number of benzene rings is 4. The van der Waals surface area contributed by atoms with E-state index in [1.54, 1.807) is 0 Å². The largest absolute Gasteiger partial charge is 0.334 e. The lowest BCUT2D eigenvalue weighted by Gasteiger charge is -2.57. The Bertz CT molecular complexity index is 3650. The lowest BCUT2D eigenvalue weighted by Crippen LogP contribution is -2.58. The summed E-state index contributed by atoms with van der Waals surface area (Å²) < 4.78 is 21.8. The lowest BCUT2D eigenvalue weighted by atomic mass is 9.53. The molecule has 95 heavy (non-hydrogen) atoms. The average molecular weight is 1280 g/mol. The molecule has 0 radical (unpaired) electrons. The van der Waals surface area contributed by atoms with Crippen molar-refractivity contribution in [2.75, 3.05) is 0 Å². The Kier molecular flexibility index (Phi) is 16.7. The molecule has 4 aromatic heterocycles. The molecule has 0 amide bonds. The van der Waals surface area contributed by atoms with E-state index in [-0.39, 0.29) is 0 Å². The first kappa shape index (κ1) is 61.8. The Morgan fingerprint density at radius 2 is 0.526 bits per heavy atom. The molecule has 4 N–H and O–H groups in total. The van der Waals surface area contributed by atoms with E-state index in [2.05, 4.69) is 119 Å². The summed E-state index contributed by atoms with van der Waals surface area (Å²) in [6.45, 7) is 9.14. The summed E-state index contributed by atoms with van der Waals surface area (Å²) in [5, 5.41) is 32.0. The molecule has 16 aliphatic rings. The Hall–Kier alpha value is -6.72. The maximum atomic E-state index is 5.48. The molecule has 8 aromatic rings. The van der Waals surface area contributed by atoms with Crippen LogP contribution in [0.3, 0.4) is 0 Å². The van der Waals surface area contributed by atoms with Gasteiger partial charge < -0.3 is 39.4 Å². The summed E-state index contributed by atoms with van der Waals surface area (Å²) in [7, 11) is 0. The fourth-order valence-corrected chi connectivity index (χ4v) is 22.9. The third-order valence-corrected chi connectivity index (χ3v) is 25.4. The van der Waals surface area contributed by atoms with Crippen LogP contribution in [0.15, 0.2) is 121 Å². The van der Waals surface area contributed by atoms with Crippen LogP contribution in [-0.4, -0.2) is 62.7 Å². The lowest BCUT2D eigenvalue weighted by molar-refractivity contribution is -0.0211. The van der Waals surface area contributed by atoms with Crippen LogP contribution in [0, 0.1) is 91.8 Å². The van der Waals surface area contributed by atoms with Crippen molar-refractivity contribution in [1.29, 1.82) is 0 Å². The predicted molar refractivity (Wildman–Crippen MR) is 364 cm³/mol. The van der Waals surface area contributed by atoms with Gasteiger partial charge in [-0.3, -0.25) is 0 Å². The van der Waals surface area contributed by atoms with Crippen molar-refractivity contribution in [2.45, 2.75) is 223 Å². The molecule has 0 unspecified atom stereocenters. The second kappa shape index (κ2) is 25.6. The highest BCUT2D eigenvalue weighted by Gasteiger charge is 2.54. The van der Waals surface area contributed by atoms with E-state index in [9.17, 15) is 0 Å². The van der Waals surface area contributed by atoms with Gasteiger partial charge in [-0.15, -0.1) is 0 Å². The fourth-order valence-electron chi connectivity index (χ4n) is 22.9. The quantitative estimate of drug-likeness (QED) is 0.0710. The zero-order valence-corrected chi connectivity index (χ0v) is 56.3. The Morgan fingerprint density at radius 1 is 0.284 bits per heavy atom. The minimum absolute atomic E-state index is 0.346. The van der Waals surface area contributed by atoms with E-state index in [0.717, 1.165) is 143 Å². The zero-order valence-electron chi connectivity index (χ0n) is 56.3. The first-order chi connectivity index (χ1) is 46.3. The van der Waals surface area contributed by atoms with Crippen LogP contribution in [0.25, 0.3) is 45.8 Å². The first-order valence-electron chi connectivity index (χ1n) is 36.9. The molecule has 0 aliphatic heterocycles. The number of nitrogens with zero attached hydrogens (tertiary/aromatic N) is 8. The maximum Gasteiger partial charge on any atom is 0.257 e. The van der Waals surface area contributed by atoms with Crippen LogP contribution >= 0.6 is 0 Å². The summed E-state index contributed by atoms with van der Waals surface area (Å²) >= 11 is 0. The molecule has 0 atom stereocenters. The SMILES string of the molecule is Cc1ccc(-c2nc(CNC34CC5CC(CC(C5)C3)C4)no2)cc1.Cc1ccc(-c2nc(CNC34CC5CC(CC(C5)C3)C4)no2)cc1.Cc1cccc(-c2nc(CNC34CC5CC(CC(C5)C3)C4)no2)c1.c1ccc(-c2nc(CNC34CC5CC(CC(C5)C3)C4)no2)cc1. The summed E-state index contributed by atoms with van der Waals surface area (Å²) in [4.78, 5) is 18.3. The van der Waals surface area contributed by atoms with Gasteiger partial charge in [0.05, 0.1) is 26.2 Å². The van der Waals surface area contributed by atoms with E-state index >= 15 is 0 Å². The molecule has 24 rings (SSSR count). The molecule has 4 aromatic carbocycles. The fraction of sp³-hybridized carbons (Fsp3) is 0.595. The molecular formula is C79H98N12O4. The number of hydrogen-bond donors (Lipinski definition) is 4. The van der Waals surface area contributed by atoms with Gasteiger partial charge >= 0.3 is 0 Å². The van der Waals surface area contributed by atoms with Gasteiger partial charge in [0, 0.05) is 44.4 Å². The molecule has 16 saturated carbocycles. The van der Waals surface area contributed by atoms with E-state index in [0.29, 0.717) is 45.7 Å². The third-order valence-electron chi connectivity index (χ3n) is 25.4. The van der Waals surface area contributed by atoms with E-state index in [1.165, 1.54) is 171 Å². The summed E-state index contributed by atoms with van der Waals surface area (Å²) in [6.07, 6.45) is 33.9. The molecule has 4 heterocycles. The Morgan fingerprint density at radius 3 is 0.789 bits per heavy atom. The third kappa shape index (κ3) is 13.7. The molecule has 16 aliphatic carbocycles. The van der Waals surface area contributed by atoms with E-state index in [4.69, 9.17) is 18.1 Å². The molecule has 16 bridgehead atoms. The number of hydrogen-bond acceptors (Lipinski definition) is 16. The molecule has 0 spiro atoms. The van der Waals surface area contributed by atoms with Gasteiger partial charge in [0.15, 0.2) is 23.3 Å². The second-order valence-electron chi connectivity index (χ2n) is 33.2. The number of aromatic nitrogens is 8. The van der Waals surface area contributed by atoms with Gasteiger partial charge in [-0.1, -0.05) is 91.9 Å². The van der Waals surface area contributed by atoms with Crippen molar-refractivity contribution in [3.05, 3.63) is 143 Å². The van der Waals surface area contributed by atoms with E-state index in [1.807, 2.05) is 66.7 Å². The van der Waals surface area contributed by atoms with Crippen molar-refractivity contribution >= 4 is 0 Å². The Labute approximate surface area is 560 Å². The topological polar surface area (TPSA) is 204 Å². The highest BCUT2D eigenvalue weighted by molar-refractivity contribution is 5.55. The van der Waals surface area contributed by atoms with Crippen LogP contribution < -0.4 is 21.3 Å². The summed E-state index contributed by atoms with van der Waals surface area (Å²) in [5.74, 6) is 17.1. The molecule has 16 heteroatoms. The van der Waals surface area contributed by atoms with Gasteiger partial charge in [-0.2, -0.15) is 19.9 Å². The summed E-state index contributed by atoms with van der Waals surface area (Å²) in [6, 6.07) is 34.7. The molecule has 16 nitrogen and oxygen atoms in total. The van der Waals surface area contributed by atoms with Crippen molar-refractivity contribution in [3.63, 3.8) is 0 Å². The first-order valence-corrected chi connectivity index (χ1v) is 36.9. The summed E-state index contributed by atoms with van der Waals surface area (Å²) in [5.41, 5.74) is 9.05. The van der Waals surface area contributed by atoms with Crippen LogP contribution in [0.4, 0.5) is 0 Å². The number of rotatable bonds is 16. The molecule has 0 saturated heterocycles. The van der Waals surface area contributed by atoms with Crippen molar-refractivity contribution in [3.8, 4) is 45.8 Å². The highest BCUT2D eigenvalue weighted by Crippen LogP contribution is 2.59. The van der Waals surface area contributed by atoms with Crippen LogP contribution in [0.1, 0.15) is 194 Å². The molecule has 16 fully saturated rings. The van der Waals surface area contributed by atoms with Gasteiger partial charge in [-0.05, 0) is 294 Å². The molecular weight excluding hydrogens is 1180 g/mol. The van der Waals surface area contributed by atoms with Gasteiger partial charge in [0.2, 0.25) is 0 Å². The normalized spacial score (nSPS) is 34.2. The van der Waals surface area contributed by atoms with Crippen molar-refractivity contribution in [2.24, 2.45) is 71.0 Å². The highest BCUT2D eigenvalue weighted by atomic mass is 16.5. The van der Waals surface area contributed by atoms with Crippen LogP contribution in [-0.2, 0) is 26.2 Å². The maximum absolute atomic E-state index is 5.48. The number of aryl methyl sites for hydroxylation is 3. The van der Waals surface area contributed by atoms with Gasteiger partial charge in [-0.25, -0.2) is 0 Å². The van der Waals surface area contributed by atoms with E-state index < -0.39 is 0 Å². The van der Waals surface area contributed by atoms with Crippen LogP contribution in [0.5, 0.6) is 0 Å². The smallest absolute Gasteiger partial charge is 0.257 e. The van der Waals surface area contributed by atoms with Crippen LogP contribution in [0.2, 0.25) is 0 Å². The zero-order chi connectivity index (χ0) is 63.7. The Balaban J connectivity index is 0.0000000961. The second-order valence-corrected chi connectivity index (χ2v) is 33.2. The predicted octanol–water partition coefficient (Wildman–Crippen LogP) is 16.1. The average Bonchev–Trinajstić information content (AvgIpc) is 1.33. The van der Waals surface area contributed by atoms with Gasteiger partial charge in [0.1, 0.15) is 0 Å². The van der Waals surface area contributed by atoms with Crippen molar-refractivity contribution < 1.29 is 18.1 Å². The van der Waals surface area contributed by atoms with Crippen molar-refractivity contribution in [1.82, 2.24) is 61.8 Å². The minimum atomic E-state index is 0.346.